The van der Waals surface area contributed by atoms with Crippen molar-refractivity contribution in [3.8, 4) is 0 Å². The highest BCUT2D eigenvalue weighted by atomic mass is 15.2. The molecule has 0 bridgehead atoms. The topological polar surface area (TPSA) is 29.0 Å². The van der Waals surface area contributed by atoms with Gasteiger partial charge < -0.3 is 4.90 Å². The van der Waals surface area contributed by atoms with Crippen LogP contribution in [0.3, 0.4) is 0 Å². The number of fused-ring (bicyclic) bond motifs is 1. The summed E-state index contributed by atoms with van der Waals surface area (Å²) in [6, 6.07) is 30.4. The van der Waals surface area contributed by atoms with Crippen molar-refractivity contribution in [1.29, 1.82) is 0 Å². The van der Waals surface area contributed by atoms with Crippen molar-refractivity contribution in [3.63, 3.8) is 0 Å². The minimum Gasteiger partial charge on any atom is -0.355 e. The van der Waals surface area contributed by atoms with Crippen molar-refractivity contribution < 1.29 is 0 Å². The summed E-state index contributed by atoms with van der Waals surface area (Å²) in [6.45, 7) is 2.97. The number of benzene rings is 3. The Morgan fingerprint density at radius 3 is 2.39 bits per heavy atom. The Hall–Kier alpha value is -3.72. The largest absolute Gasteiger partial charge is 0.355 e. The molecule has 0 N–H and O–H groups in total. The van der Waals surface area contributed by atoms with Gasteiger partial charge in [0, 0.05) is 35.6 Å². The molecule has 0 saturated heterocycles. The third-order valence-electron chi connectivity index (χ3n) is 6.65. The van der Waals surface area contributed by atoms with Crippen LogP contribution >= 0.6 is 0 Å². The molecular formula is C30H27N3. The molecule has 1 aliphatic heterocycles. The van der Waals surface area contributed by atoms with Crippen molar-refractivity contribution in [1.82, 2.24) is 9.97 Å². The van der Waals surface area contributed by atoms with E-state index in [1.54, 1.807) is 0 Å². The number of rotatable bonds is 5. The Morgan fingerprint density at radius 1 is 0.879 bits per heavy atom. The zero-order valence-corrected chi connectivity index (χ0v) is 18.9. The van der Waals surface area contributed by atoms with Gasteiger partial charge in [-0.25, -0.2) is 9.97 Å². The first-order valence-corrected chi connectivity index (χ1v) is 11.8. The van der Waals surface area contributed by atoms with E-state index in [0.717, 1.165) is 17.9 Å². The molecule has 0 radical (unpaired) electrons. The van der Waals surface area contributed by atoms with Crippen molar-refractivity contribution in [2.75, 3.05) is 4.90 Å². The molecule has 0 spiro atoms. The minimum atomic E-state index is 0.0380. The van der Waals surface area contributed by atoms with Gasteiger partial charge in [0.2, 0.25) is 0 Å². The predicted molar refractivity (Wildman–Crippen MR) is 135 cm³/mol. The van der Waals surface area contributed by atoms with Crippen molar-refractivity contribution >= 4 is 17.3 Å². The summed E-state index contributed by atoms with van der Waals surface area (Å²) in [5.41, 5.74) is 8.63. The van der Waals surface area contributed by atoms with Gasteiger partial charge in [-0.1, -0.05) is 72.3 Å². The zero-order chi connectivity index (χ0) is 22.2. The second-order valence-corrected chi connectivity index (χ2v) is 9.17. The molecule has 2 heterocycles. The summed E-state index contributed by atoms with van der Waals surface area (Å²) < 4.78 is 0. The average molecular weight is 430 g/mol. The van der Waals surface area contributed by atoms with E-state index in [1.165, 1.54) is 46.5 Å². The molecule has 4 aromatic rings. The summed E-state index contributed by atoms with van der Waals surface area (Å²) >= 11 is 0. The van der Waals surface area contributed by atoms with Crippen LogP contribution in [0.15, 0.2) is 91.1 Å². The highest BCUT2D eigenvalue weighted by molar-refractivity contribution is 5.92. The van der Waals surface area contributed by atoms with E-state index in [-0.39, 0.29) is 6.04 Å². The molecule has 1 aromatic heterocycles. The van der Waals surface area contributed by atoms with Crippen LogP contribution in [-0.4, -0.2) is 9.97 Å². The maximum Gasteiger partial charge on any atom is 0.157 e. The van der Waals surface area contributed by atoms with Gasteiger partial charge in [0.25, 0.3) is 0 Å². The summed E-state index contributed by atoms with van der Waals surface area (Å²) in [7, 11) is 0. The summed E-state index contributed by atoms with van der Waals surface area (Å²) in [5, 5.41) is 0. The summed E-state index contributed by atoms with van der Waals surface area (Å²) in [4.78, 5) is 12.4. The van der Waals surface area contributed by atoms with E-state index in [2.05, 4.69) is 103 Å². The lowest BCUT2D eigenvalue weighted by Gasteiger charge is -2.39. The number of hydrogen-bond donors (Lipinski definition) is 0. The summed E-state index contributed by atoms with van der Waals surface area (Å²) in [5.74, 6) is 1.44. The van der Waals surface area contributed by atoms with Gasteiger partial charge in [0.1, 0.15) is 0 Å². The Bertz CT molecular complexity index is 1310. The van der Waals surface area contributed by atoms with E-state index < -0.39 is 0 Å². The Morgan fingerprint density at radius 2 is 1.64 bits per heavy atom. The van der Waals surface area contributed by atoms with Crippen LogP contribution in [0.2, 0.25) is 0 Å². The Balaban J connectivity index is 1.55. The lowest BCUT2D eigenvalue weighted by Crippen LogP contribution is -2.32. The number of hydrogen-bond acceptors (Lipinski definition) is 3. The van der Waals surface area contributed by atoms with Crippen LogP contribution in [0, 0.1) is 6.92 Å². The van der Waals surface area contributed by atoms with E-state index >= 15 is 0 Å². The lowest BCUT2D eigenvalue weighted by molar-refractivity contribution is 0.723. The molecule has 3 aromatic carbocycles. The fourth-order valence-electron chi connectivity index (χ4n) is 4.86. The van der Waals surface area contributed by atoms with Gasteiger partial charge in [0.15, 0.2) is 5.82 Å². The van der Waals surface area contributed by atoms with Crippen LogP contribution < -0.4 is 4.90 Å². The zero-order valence-electron chi connectivity index (χ0n) is 18.9. The van der Waals surface area contributed by atoms with Gasteiger partial charge in [-0.3, -0.25) is 0 Å². The van der Waals surface area contributed by atoms with Crippen LogP contribution in [0.5, 0.6) is 0 Å². The first-order chi connectivity index (χ1) is 16.3. The molecule has 1 unspecified atom stereocenters. The maximum absolute atomic E-state index is 5.06. The van der Waals surface area contributed by atoms with Gasteiger partial charge in [-0.2, -0.15) is 0 Å². The van der Waals surface area contributed by atoms with Gasteiger partial charge >= 0.3 is 0 Å². The molecule has 33 heavy (non-hydrogen) atoms. The van der Waals surface area contributed by atoms with Gasteiger partial charge in [-0.05, 0) is 60.7 Å². The van der Waals surface area contributed by atoms with E-state index in [9.17, 15) is 0 Å². The van der Waals surface area contributed by atoms with Crippen molar-refractivity contribution in [2.45, 2.75) is 38.3 Å². The average Bonchev–Trinajstić information content (AvgIpc) is 3.71. The molecule has 6 rings (SSSR count). The maximum atomic E-state index is 5.06. The first kappa shape index (κ1) is 19.9. The predicted octanol–water partition coefficient (Wildman–Crippen LogP) is 6.96. The third kappa shape index (κ3) is 3.95. The Kier molecular flexibility index (Phi) is 5.03. The smallest absolute Gasteiger partial charge is 0.157 e. The Labute approximate surface area is 195 Å². The number of aryl methyl sites for hydroxylation is 1. The van der Waals surface area contributed by atoms with Crippen LogP contribution in [0.1, 0.15) is 58.6 Å². The molecule has 3 nitrogen and oxygen atoms in total. The third-order valence-corrected chi connectivity index (χ3v) is 6.65. The van der Waals surface area contributed by atoms with Crippen molar-refractivity contribution in [3.05, 3.63) is 125 Å². The molecule has 1 atom stereocenters. The number of anilines is 1. The molecule has 3 heteroatoms. The standard InChI is InChI=1S/C30H27N3/c1-21-12-15-28-25(18-21)19-26(30-31-17-16-27(32-30)23-13-14-23)29(24-10-6-3-7-11-24)33(28)20-22-8-4-2-5-9-22/h2-12,15-19,23,29H,13-14,20H2,1H3. The van der Waals surface area contributed by atoms with Crippen LogP contribution in [0.25, 0.3) is 11.6 Å². The van der Waals surface area contributed by atoms with Gasteiger partial charge in [0.05, 0.1) is 6.04 Å². The van der Waals surface area contributed by atoms with Crippen molar-refractivity contribution in [2.24, 2.45) is 0 Å². The highest BCUT2D eigenvalue weighted by Gasteiger charge is 2.33. The van der Waals surface area contributed by atoms with Gasteiger partial charge in [-0.15, -0.1) is 0 Å². The minimum absolute atomic E-state index is 0.0380. The van der Waals surface area contributed by atoms with E-state index in [1.807, 2.05) is 6.20 Å². The fraction of sp³-hybridized carbons (Fsp3) is 0.200. The second kappa shape index (κ2) is 8.32. The van der Waals surface area contributed by atoms with E-state index in [0.29, 0.717) is 5.92 Å². The molecular weight excluding hydrogens is 402 g/mol. The SMILES string of the molecule is Cc1ccc2c(c1)C=C(c1nccc(C3CC3)n1)C(c1ccccc1)N2Cc1ccccc1. The highest BCUT2D eigenvalue weighted by Crippen LogP contribution is 2.46. The monoisotopic (exact) mass is 429 g/mol. The second-order valence-electron chi connectivity index (χ2n) is 9.17. The molecule has 1 saturated carbocycles. The number of nitrogens with zero attached hydrogens (tertiary/aromatic N) is 3. The number of aromatic nitrogens is 2. The van der Waals surface area contributed by atoms with E-state index in [4.69, 9.17) is 9.97 Å². The molecule has 1 fully saturated rings. The normalized spacial score (nSPS) is 17.4. The molecule has 0 amide bonds. The molecule has 1 aliphatic carbocycles. The van der Waals surface area contributed by atoms with Crippen LogP contribution in [-0.2, 0) is 6.54 Å². The van der Waals surface area contributed by atoms with Crippen LogP contribution in [0.4, 0.5) is 5.69 Å². The molecule has 2 aliphatic rings. The quantitative estimate of drug-likeness (QED) is 0.343. The first-order valence-electron chi connectivity index (χ1n) is 11.8. The molecule has 162 valence electrons. The summed E-state index contributed by atoms with van der Waals surface area (Å²) in [6.07, 6.45) is 6.72. The lowest BCUT2D eigenvalue weighted by atomic mass is 9.88. The fourth-order valence-corrected chi connectivity index (χ4v) is 4.86.